The molecule has 1 aliphatic heterocycles. The molecule has 1 fully saturated rings. The number of aromatic nitrogens is 1. The highest BCUT2D eigenvalue weighted by atomic mass is 35.5. The molecule has 4 rings (SSSR count). The van der Waals surface area contributed by atoms with Crippen molar-refractivity contribution in [3.8, 4) is 5.75 Å². The normalized spacial score (nSPS) is 19.6. The summed E-state index contributed by atoms with van der Waals surface area (Å²) >= 11 is 7.98. The van der Waals surface area contributed by atoms with Crippen molar-refractivity contribution < 1.29 is 14.6 Å². The number of piperazine rings is 1. The smallest absolute Gasteiger partial charge is 0.307 e. The fraction of sp³-hybridized carbons (Fsp3) is 0.391. The van der Waals surface area contributed by atoms with Gasteiger partial charge >= 0.3 is 5.97 Å². The van der Waals surface area contributed by atoms with Crippen LogP contribution in [0.1, 0.15) is 19.4 Å². The van der Waals surface area contributed by atoms with Crippen molar-refractivity contribution in [3.05, 3.63) is 53.1 Å². The number of ether oxygens (including phenoxy) is 1. The molecule has 0 aliphatic carbocycles. The maximum Gasteiger partial charge on any atom is 0.307 e. The Bertz CT molecular complexity index is 1030. The Morgan fingerprint density at radius 3 is 2.68 bits per heavy atom. The molecule has 3 aromatic rings. The van der Waals surface area contributed by atoms with Gasteiger partial charge in [0.05, 0.1) is 21.7 Å². The van der Waals surface area contributed by atoms with Gasteiger partial charge in [-0.05, 0) is 43.7 Å². The molecule has 8 heteroatoms. The summed E-state index contributed by atoms with van der Waals surface area (Å²) in [4.78, 5) is 20.6. The molecule has 1 N–H and O–H groups in total. The third-order valence-corrected chi connectivity index (χ3v) is 7.02. The van der Waals surface area contributed by atoms with Crippen molar-refractivity contribution in [1.29, 1.82) is 0 Å². The second-order valence-electron chi connectivity index (χ2n) is 7.99. The summed E-state index contributed by atoms with van der Waals surface area (Å²) in [7, 11) is 0. The van der Waals surface area contributed by atoms with Crippen LogP contribution in [0.4, 0.5) is 5.13 Å². The molecule has 0 unspecified atom stereocenters. The number of hydrogen-bond donors (Lipinski definition) is 1. The average Bonchev–Trinajstić information content (AvgIpc) is 3.16. The highest BCUT2D eigenvalue weighted by Gasteiger charge is 2.30. The second kappa shape index (κ2) is 9.42. The molecule has 2 heterocycles. The van der Waals surface area contributed by atoms with Gasteiger partial charge in [-0.3, -0.25) is 9.69 Å². The van der Waals surface area contributed by atoms with Gasteiger partial charge in [0.1, 0.15) is 12.4 Å². The van der Waals surface area contributed by atoms with Gasteiger partial charge in [0.15, 0.2) is 5.13 Å². The monoisotopic (exact) mass is 459 g/mol. The number of benzene rings is 2. The Hall–Kier alpha value is -2.35. The van der Waals surface area contributed by atoms with Crippen molar-refractivity contribution in [3.63, 3.8) is 0 Å². The Morgan fingerprint density at radius 1 is 1.23 bits per heavy atom. The Labute approximate surface area is 191 Å². The molecule has 0 amide bonds. The van der Waals surface area contributed by atoms with E-state index in [0.29, 0.717) is 35.0 Å². The third kappa shape index (κ3) is 5.11. The fourth-order valence-electron chi connectivity index (χ4n) is 4.15. The quantitative estimate of drug-likeness (QED) is 0.559. The standard InChI is InChI=1S/C23H26ClN3O3S/c1-15-13-26(23-25-19-5-3-4-6-21(19)31-23)14-16(2)27(15)9-10-30-20-11-17(12-22(28)29)7-8-18(20)24/h3-8,11,15-16H,9-10,12-14H2,1-2H3,(H,28,29)/t15-,16+. The first kappa shape index (κ1) is 21.9. The molecule has 2 aromatic carbocycles. The maximum atomic E-state index is 10.9. The van der Waals surface area contributed by atoms with Crippen molar-refractivity contribution in [2.75, 3.05) is 31.1 Å². The molecule has 0 saturated carbocycles. The van der Waals surface area contributed by atoms with E-state index in [9.17, 15) is 4.79 Å². The number of anilines is 1. The number of carbonyl (C=O) groups is 1. The van der Waals surface area contributed by atoms with Gasteiger partial charge in [-0.2, -0.15) is 0 Å². The Morgan fingerprint density at radius 2 is 1.97 bits per heavy atom. The molecule has 1 aromatic heterocycles. The van der Waals surface area contributed by atoms with Crippen LogP contribution in [0.5, 0.6) is 5.75 Å². The minimum Gasteiger partial charge on any atom is -0.491 e. The molecule has 1 saturated heterocycles. The first-order valence-corrected chi connectivity index (χ1v) is 11.6. The largest absolute Gasteiger partial charge is 0.491 e. The van der Waals surface area contributed by atoms with Crippen LogP contribution in [0, 0.1) is 0 Å². The van der Waals surface area contributed by atoms with Crippen LogP contribution in [0.15, 0.2) is 42.5 Å². The van der Waals surface area contributed by atoms with Crippen LogP contribution >= 0.6 is 22.9 Å². The van der Waals surface area contributed by atoms with Crippen molar-refractivity contribution >= 4 is 44.3 Å². The number of rotatable bonds is 7. The zero-order chi connectivity index (χ0) is 22.0. The van der Waals surface area contributed by atoms with Crippen LogP contribution in [0.3, 0.4) is 0 Å². The maximum absolute atomic E-state index is 10.9. The van der Waals surface area contributed by atoms with E-state index in [4.69, 9.17) is 26.4 Å². The van der Waals surface area contributed by atoms with Gasteiger partial charge in [-0.15, -0.1) is 0 Å². The van der Waals surface area contributed by atoms with Crippen LogP contribution in [0.25, 0.3) is 10.2 Å². The number of halogens is 1. The van der Waals surface area contributed by atoms with Gasteiger partial charge in [-0.25, -0.2) is 4.98 Å². The van der Waals surface area contributed by atoms with Gasteiger partial charge < -0.3 is 14.7 Å². The van der Waals surface area contributed by atoms with Crippen molar-refractivity contribution in [1.82, 2.24) is 9.88 Å². The topological polar surface area (TPSA) is 65.9 Å². The minimum absolute atomic E-state index is 0.0463. The van der Waals surface area contributed by atoms with Crippen molar-refractivity contribution in [2.45, 2.75) is 32.4 Å². The summed E-state index contributed by atoms with van der Waals surface area (Å²) in [5.74, 6) is -0.337. The van der Waals surface area contributed by atoms with E-state index >= 15 is 0 Å². The van der Waals surface area contributed by atoms with E-state index < -0.39 is 5.97 Å². The number of carboxylic acids is 1. The molecular weight excluding hydrogens is 434 g/mol. The van der Waals surface area contributed by atoms with Crippen LogP contribution < -0.4 is 9.64 Å². The highest BCUT2D eigenvalue weighted by molar-refractivity contribution is 7.22. The summed E-state index contributed by atoms with van der Waals surface area (Å²) in [6, 6.07) is 14.1. The van der Waals surface area contributed by atoms with E-state index in [-0.39, 0.29) is 6.42 Å². The number of aliphatic carboxylic acids is 1. The van der Waals surface area contributed by atoms with E-state index in [1.54, 1.807) is 29.5 Å². The molecule has 164 valence electrons. The second-order valence-corrected chi connectivity index (χ2v) is 9.41. The summed E-state index contributed by atoms with van der Waals surface area (Å²) < 4.78 is 7.14. The van der Waals surface area contributed by atoms with Crippen LogP contribution in [0.2, 0.25) is 5.02 Å². The minimum atomic E-state index is -0.873. The molecule has 0 radical (unpaired) electrons. The number of nitrogens with zero attached hydrogens (tertiary/aromatic N) is 3. The van der Waals surface area contributed by atoms with Gasteiger partial charge in [0, 0.05) is 31.7 Å². The number of fused-ring (bicyclic) bond motifs is 1. The summed E-state index contributed by atoms with van der Waals surface area (Å²) in [5.41, 5.74) is 1.73. The lowest BCUT2D eigenvalue weighted by Crippen LogP contribution is -2.57. The number of hydrogen-bond acceptors (Lipinski definition) is 6. The SMILES string of the molecule is C[C@@H]1CN(c2nc3ccccc3s2)C[C@H](C)N1CCOc1cc(CC(=O)O)ccc1Cl. The molecule has 2 atom stereocenters. The number of carboxylic acid groups (broad SMARTS) is 1. The van der Waals surface area contributed by atoms with Gasteiger partial charge in [0.2, 0.25) is 0 Å². The predicted molar refractivity (Wildman–Crippen MR) is 126 cm³/mol. The Balaban J connectivity index is 1.35. The fourth-order valence-corrected chi connectivity index (χ4v) is 5.31. The first-order valence-electron chi connectivity index (χ1n) is 10.4. The van der Waals surface area contributed by atoms with Crippen LogP contribution in [-0.4, -0.2) is 59.3 Å². The van der Waals surface area contributed by atoms with E-state index in [1.807, 2.05) is 6.07 Å². The zero-order valence-electron chi connectivity index (χ0n) is 17.6. The average molecular weight is 460 g/mol. The summed E-state index contributed by atoms with van der Waals surface area (Å²) in [6.45, 7) is 7.56. The summed E-state index contributed by atoms with van der Waals surface area (Å²) in [6.07, 6.45) is -0.0463. The number of thiazole rings is 1. The predicted octanol–water partition coefficient (Wildman–Crippen LogP) is 4.55. The molecule has 6 nitrogen and oxygen atoms in total. The van der Waals surface area contributed by atoms with E-state index in [2.05, 4.69) is 41.8 Å². The molecule has 31 heavy (non-hydrogen) atoms. The highest BCUT2D eigenvalue weighted by Crippen LogP contribution is 2.31. The Kier molecular flexibility index (Phi) is 6.65. The van der Waals surface area contributed by atoms with Gasteiger partial charge in [0.25, 0.3) is 0 Å². The van der Waals surface area contributed by atoms with Crippen LogP contribution in [-0.2, 0) is 11.2 Å². The molecule has 1 aliphatic rings. The lowest BCUT2D eigenvalue weighted by atomic mass is 10.1. The molecule has 0 bridgehead atoms. The number of para-hydroxylation sites is 1. The lowest BCUT2D eigenvalue weighted by Gasteiger charge is -2.44. The van der Waals surface area contributed by atoms with E-state index in [1.165, 1.54) is 4.70 Å². The first-order chi connectivity index (χ1) is 14.9. The van der Waals surface area contributed by atoms with Crippen molar-refractivity contribution in [2.24, 2.45) is 0 Å². The lowest BCUT2D eigenvalue weighted by molar-refractivity contribution is -0.136. The molecular formula is C23H26ClN3O3S. The zero-order valence-corrected chi connectivity index (χ0v) is 19.2. The van der Waals surface area contributed by atoms with E-state index in [0.717, 1.165) is 30.3 Å². The summed E-state index contributed by atoms with van der Waals surface area (Å²) in [5, 5.41) is 10.6. The molecule has 0 spiro atoms. The third-order valence-electron chi connectivity index (χ3n) is 5.61. The van der Waals surface area contributed by atoms with Gasteiger partial charge in [-0.1, -0.05) is 41.1 Å².